The molecular formula is C65H120O5. The van der Waals surface area contributed by atoms with Crippen LogP contribution in [0.2, 0.25) is 0 Å². The minimum absolute atomic E-state index is 0.0643. The highest BCUT2D eigenvalue weighted by Gasteiger charge is 2.16. The molecule has 0 saturated heterocycles. The molecule has 0 fully saturated rings. The van der Waals surface area contributed by atoms with Crippen LogP contribution in [0.5, 0.6) is 0 Å². The number of hydrogen-bond acceptors (Lipinski definition) is 5. The van der Waals surface area contributed by atoms with E-state index in [-0.39, 0.29) is 25.2 Å². The zero-order valence-electron chi connectivity index (χ0n) is 47.0. The van der Waals surface area contributed by atoms with Crippen LogP contribution in [0.15, 0.2) is 48.6 Å². The van der Waals surface area contributed by atoms with E-state index in [1.54, 1.807) is 0 Å². The molecule has 5 heteroatoms. The van der Waals surface area contributed by atoms with Crippen molar-refractivity contribution in [3.05, 3.63) is 48.6 Å². The van der Waals surface area contributed by atoms with Gasteiger partial charge >= 0.3 is 11.9 Å². The number of allylic oxidation sites excluding steroid dienone is 8. The van der Waals surface area contributed by atoms with Gasteiger partial charge < -0.3 is 14.6 Å². The topological polar surface area (TPSA) is 72.8 Å². The maximum Gasteiger partial charge on any atom is 0.306 e. The zero-order valence-corrected chi connectivity index (χ0v) is 47.0. The minimum atomic E-state index is -0.775. The summed E-state index contributed by atoms with van der Waals surface area (Å²) < 4.78 is 10.7. The van der Waals surface area contributed by atoms with Gasteiger partial charge in [-0.15, -0.1) is 0 Å². The second kappa shape index (κ2) is 61.2. The molecule has 0 aliphatic carbocycles. The van der Waals surface area contributed by atoms with Crippen LogP contribution in [0, 0.1) is 0 Å². The van der Waals surface area contributed by atoms with E-state index in [9.17, 15) is 14.7 Å². The number of esters is 2. The molecule has 1 N–H and O–H groups in total. The average Bonchev–Trinajstić information content (AvgIpc) is 3.36. The van der Waals surface area contributed by atoms with Crippen LogP contribution in [0.25, 0.3) is 0 Å². The fraction of sp³-hybridized carbons (Fsp3) is 0.846. The molecule has 0 rings (SSSR count). The molecule has 0 bridgehead atoms. The Balaban J connectivity index is 3.40. The second-order valence-electron chi connectivity index (χ2n) is 21.1. The highest BCUT2D eigenvalue weighted by Crippen LogP contribution is 2.18. The van der Waals surface area contributed by atoms with Crippen molar-refractivity contribution in [1.82, 2.24) is 0 Å². The number of carbonyl (C=O) groups is 2. The largest absolute Gasteiger partial charge is 0.462 e. The molecule has 1 atom stereocenters. The van der Waals surface area contributed by atoms with Gasteiger partial charge in [0.15, 0.2) is 6.10 Å². The van der Waals surface area contributed by atoms with E-state index in [0.717, 1.165) is 64.2 Å². The van der Waals surface area contributed by atoms with Gasteiger partial charge in [0.1, 0.15) is 6.61 Å². The zero-order chi connectivity index (χ0) is 50.6. The van der Waals surface area contributed by atoms with Crippen LogP contribution in [-0.2, 0) is 19.1 Å². The van der Waals surface area contributed by atoms with E-state index in [1.807, 2.05) is 0 Å². The van der Waals surface area contributed by atoms with Gasteiger partial charge in [0.05, 0.1) is 6.61 Å². The molecule has 0 radical (unpaired) electrons. The Kier molecular flexibility index (Phi) is 59.3. The fourth-order valence-corrected chi connectivity index (χ4v) is 9.49. The summed E-state index contributed by atoms with van der Waals surface area (Å²) in [4.78, 5) is 24.6. The Morgan fingerprint density at radius 1 is 0.343 bits per heavy atom. The summed E-state index contributed by atoms with van der Waals surface area (Å²) in [5.41, 5.74) is 0. The van der Waals surface area contributed by atoms with Gasteiger partial charge in [0, 0.05) is 12.8 Å². The van der Waals surface area contributed by atoms with Crippen molar-refractivity contribution in [2.24, 2.45) is 0 Å². The van der Waals surface area contributed by atoms with Gasteiger partial charge in [-0.25, -0.2) is 0 Å². The lowest BCUT2D eigenvalue weighted by molar-refractivity contribution is -0.161. The lowest BCUT2D eigenvalue weighted by atomic mass is 10.0. The molecule has 0 aromatic rings. The molecular weight excluding hydrogens is 861 g/mol. The first kappa shape index (κ1) is 67.9. The molecule has 0 aromatic carbocycles. The number of aliphatic hydroxyl groups excluding tert-OH is 1. The lowest BCUT2D eigenvalue weighted by Crippen LogP contribution is -2.28. The van der Waals surface area contributed by atoms with Gasteiger partial charge in [0.25, 0.3) is 0 Å². The number of unbranched alkanes of at least 4 members (excludes halogenated alkanes) is 42. The molecule has 1 unspecified atom stereocenters. The standard InChI is InChI=1S/C65H120O5/c1-3-5-7-9-11-13-15-17-19-21-23-25-27-28-29-30-31-32-33-34-35-36-38-39-41-43-45-47-49-51-53-55-57-59-64(67)69-62-63(61-66)70-65(68)60-58-56-54-52-50-48-46-44-42-40-37-26-24-22-20-18-16-14-12-10-8-6-4-2/h6,8,12,14,18,20,24,26,63,66H,3-5,7,9-11,13,15-17,19,21-23,25,27-62H2,1-2H3/b8-6-,14-12-,20-18-,26-24-. The molecule has 0 aromatic heterocycles. The van der Waals surface area contributed by atoms with Crippen LogP contribution in [-0.4, -0.2) is 36.4 Å². The maximum atomic E-state index is 12.3. The van der Waals surface area contributed by atoms with Gasteiger partial charge in [-0.05, 0) is 51.4 Å². The summed E-state index contributed by atoms with van der Waals surface area (Å²) in [5.74, 6) is -0.580. The maximum absolute atomic E-state index is 12.3. The summed E-state index contributed by atoms with van der Waals surface area (Å²) >= 11 is 0. The molecule has 410 valence electrons. The summed E-state index contributed by atoms with van der Waals surface area (Å²) in [6, 6.07) is 0. The smallest absolute Gasteiger partial charge is 0.306 e. The van der Waals surface area contributed by atoms with Gasteiger partial charge in [-0.2, -0.15) is 0 Å². The van der Waals surface area contributed by atoms with E-state index in [4.69, 9.17) is 9.47 Å². The molecule has 0 spiro atoms. The van der Waals surface area contributed by atoms with Crippen LogP contribution in [0.4, 0.5) is 0 Å². The molecule has 0 amide bonds. The number of carbonyl (C=O) groups excluding carboxylic acids is 2. The summed E-state index contributed by atoms with van der Waals surface area (Å²) in [6.45, 7) is 4.07. The predicted molar refractivity (Wildman–Crippen MR) is 307 cm³/mol. The Morgan fingerprint density at radius 3 is 0.929 bits per heavy atom. The van der Waals surface area contributed by atoms with Crippen molar-refractivity contribution in [1.29, 1.82) is 0 Å². The van der Waals surface area contributed by atoms with Crippen molar-refractivity contribution in [2.75, 3.05) is 13.2 Å². The SMILES string of the molecule is CC/C=C\C/C=C\C/C=C\C/C=C\CCCCCCCCCCCCC(=O)OC(CO)COC(=O)CCCCCCCCCCCCCCCCCCCCCCCCCCCCCCCCCCC. The third-order valence-corrected chi connectivity index (χ3v) is 14.1. The van der Waals surface area contributed by atoms with E-state index >= 15 is 0 Å². The van der Waals surface area contributed by atoms with E-state index in [0.29, 0.717) is 12.8 Å². The first-order valence-corrected chi connectivity index (χ1v) is 31.2. The first-order chi connectivity index (χ1) is 34.6. The summed E-state index contributed by atoms with van der Waals surface area (Å²) in [5, 5.41) is 9.67. The monoisotopic (exact) mass is 981 g/mol. The third-order valence-electron chi connectivity index (χ3n) is 14.1. The number of ether oxygens (including phenoxy) is 2. The second-order valence-corrected chi connectivity index (χ2v) is 21.1. The van der Waals surface area contributed by atoms with Gasteiger partial charge in [-0.3, -0.25) is 9.59 Å². The average molecular weight is 982 g/mol. The molecule has 70 heavy (non-hydrogen) atoms. The molecule has 0 aliphatic heterocycles. The Hall–Kier alpha value is -2.14. The number of rotatable bonds is 58. The summed E-state index contributed by atoms with van der Waals surface area (Å²) in [7, 11) is 0. The van der Waals surface area contributed by atoms with Crippen molar-refractivity contribution >= 4 is 11.9 Å². The van der Waals surface area contributed by atoms with Crippen LogP contribution >= 0.6 is 0 Å². The number of aliphatic hydroxyl groups is 1. The van der Waals surface area contributed by atoms with E-state index in [1.165, 1.54) is 244 Å². The third kappa shape index (κ3) is 58.4. The van der Waals surface area contributed by atoms with Crippen LogP contribution < -0.4 is 0 Å². The molecule has 0 aliphatic rings. The highest BCUT2D eigenvalue weighted by atomic mass is 16.6. The Bertz CT molecular complexity index is 1150. The van der Waals surface area contributed by atoms with E-state index < -0.39 is 6.10 Å². The van der Waals surface area contributed by atoms with Crippen molar-refractivity contribution < 1.29 is 24.2 Å². The molecule has 5 nitrogen and oxygen atoms in total. The van der Waals surface area contributed by atoms with E-state index in [2.05, 4.69) is 62.5 Å². The number of hydrogen-bond donors (Lipinski definition) is 1. The van der Waals surface area contributed by atoms with Crippen LogP contribution in [0.1, 0.15) is 335 Å². The highest BCUT2D eigenvalue weighted by molar-refractivity contribution is 5.70. The van der Waals surface area contributed by atoms with Gasteiger partial charge in [0.2, 0.25) is 0 Å². The molecule has 0 heterocycles. The molecule has 0 saturated carbocycles. The summed E-state index contributed by atoms with van der Waals surface area (Å²) in [6.07, 6.45) is 81.2. The predicted octanol–water partition coefficient (Wildman–Crippen LogP) is 21.2. The fourth-order valence-electron chi connectivity index (χ4n) is 9.49. The quantitative estimate of drug-likeness (QED) is 0.0373. The van der Waals surface area contributed by atoms with Crippen molar-refractivity contribution in [2.45, 2.75) is 341 Å². The Morgan fingerprint density at radius 2 is 0.614 bits per heavy atom. The Labute approximate surface area is 437 Å². The van der Waals surface area contributed by atoms with Crippen LogP contribution in [0.3, 0.4) is 0 Å². The minimum Gasteiger partial charge on any atom is -0.462 e. The van der Waals surface area contributed by atoms with Crippen molar-refractivity contribution in [3.63, 3.8) is 0 Å². The van der Waals surface area contributed by atoms with Crippen molar-refractivity contribution in [3.8, 4) is 0 Å². The normalized spacial score (nSPS) is 12.4. The lowest BCUT2D eigenvalue weighted by Gasteiger charge is -2.15. The van der Waals surface area contributed by atoms with Gasteiger partial charge in [-0.1, -0.05) is 319 Å². The first-order valence-electron chi connectivity index (χ1n) is 31.2.